The number of carbonyl (C=O) groups is 2. The molecule has 0 fully saturated rings. The Bertz CT molecular complexity index is 716. The molecule has 0 radical (unpaired) electrons. The number of hydrogen-bond donors (Lipinski definition) is 1. The van der Waals surface area contributed by atoms with Crippen molar-refractivity contribution in [3.05, 3.63) is 65.2 Å². The van der Waals surface area contributed by atoms with Crippen LogP contribution in [0.15, 0.2) is 48.5 Å². The average Bonchev–Trinajstić information content (AvgIpc) is 2.60. The zero-order valence-electron chi connectivity index (χ0n) is 15.2. The molecular weight excluding hydrogens is 314 g/mol. The molecular formula is C21H25NO3. The van der Waals surface area contributed by atoms with E-state index in [9.17, 15) is 9.59 Å². The van der Waals surface area contributed by atoms with Crippen molar-refractivity contribution in [2.45, 2.75) is 33.6 Å². The van der Waals surface area contributed by atoms with Crippen molar-refractivity contribution in [1.29, 1.82) is 0 Å². The maximum absolute atomic E-state index is 12.3. The van der Waals surface area contributed by atoms with Gasteiger partial charge in [-0.1, -0.05) is 39.8 Å². The number of carbonyl (C=O) groups excluding carboxylic acids is 2. The Labute approximate surface area is 149 Å². The molecule has 2 aromatic rings. The van der Waals surface area contributed by atoms with Gasteiger partial charge in [0.1, 0.15) is 0 Å². The first-order chi connectivity index (χ1) is 11.9. The van der Waals surface area contributed by atoms with Crippen molar-refractivity contribution < 1.29 is 14.3 Å². The van der Waals surface area contributed by atoms with Gasteiger partial charge in [-0.05, 0) is 53.8 Å². The highest BCUT2D eigenvalue weighted by Crippen LogP contribution is 2.16. The number of ether oxygens (including phenoxy) is 1. The van der Waals surface area contributed by atoms with E-state index in [0.29, 0.717) is 35.3 Å². The third-order valence-electron chi connectivity index (χ3n) is 3.77. The molecule has 0 bridgehead atoms. The van der Waals surface area contributed by atoms with E-state index in [1.54, 1.807) is 24.3 Å². The van der Waals surface area contributed by atoms with E-state index in [0.717, 1.165) is 0 Å². The molecule has 0 aromatic heterocycles. The fraction of sp³-hybridized carbons (Fsp3) is 0.333. The summed E-state index contributed by atoms with van der Waals surface area (Å²) in [6.07, 6.45) is 0. The zero-order chi connectivity index (χ0) is 18.4. The van der Waals surface area contributed by atoms with Crippen LogP contribution in [-0.2, 0) is 4.74 Å². The molecule has 0 heterocycles. The van der Waals surface area contributed by atoms with Crippen LogP contribution >= 0.6 is 0 Å². The fourth-order valence-electron chi connectivity index (χ4n) is 2.24. The number of amides is 1. The Balaban J connectivity index is 1.98. The quantitative estimate of drug-likeness (QED) is 0.764. The molecule has 0 aliphatic heterocycles. The summed E-state index contributed by atoms with van der Waals surface area (Å²) in [5.41, 5.74) is 2.91. The standard InChI is InChI=1S/C21H25NO3/c1-14(2)13-25-21(24)18-9-11-19(12-10-18)22-20(23)17-7-5-16(6-8-17)15(3)4/h5-12,14-15H,13H2,1-4H3,(H,22,23). The van der Waals surface area contributed by atoms with Gasteiger partial charge >= 0.3 is 5.97 Å². The molecule has 0 aliphatic rings. The summed E-state index contributed by atoms with van der Waals surface area (Å²) in [6, 6.07) is 14.3. The number of hydrogen-bond acceptors (Lipinski definition) is 3. The van der Waals surface area contributed by atoms with Gasteiger partial charge in [0.25, 0.3) is 5.91 Å². The topological polar surface area (TPSA) is 55.4 Å². The van der Waals surface area contributed by atoms with E-state index in [1.165, 1.54) is 5.56 Å². The largest absolute Gasteiger partial charge is 0.462 e. The number of esters is 1. The van der Waals surface area contributed by atoms with Crippen molar-refractivity contribution in [3.63, 3.8) is 0 Å². The molecule has 2 aromatic carbocycles. The summed E-state index contributed by atoms with van der Waals surface area (Å²) in [7, 11) is 0. The second-order valence-electron chi connectivity index (χ2n) is 6.80. The van der Waals surface area contributed by atoms with Gasteiger partial charge in [-0.2, -0.15) is 0 Å². The second kappa shape index (κ2) is 8.47. The maximum Gasteiger partial charge on any atom is 0.338 e. The van der Waals surface area contributed by atoms with Crippen molar-refractivity contribution >= 4 is 17.6 Å². The smallest absolute Gasteiger partial charge is 0.338 e. The molecule has 1 N–H and O–H groups in total. The summed E-state index contributed by atoms with van der Waals surface area (Å²) in [5, 5.41) is 2.83. The normalized spacial score (nSPS) is 10.8. The fourth-order valence-corrected chi connectivity index (χ4v) is 2.24. The van der Waals surface area contributed by atoms with Crippen molar-refractivity contribution in [2.24, 2.45) is 5.92 Å². The summed E-state index contributed by atoms with van der Waals surface area (Å²) < 4.78 is 5.18. The monoisotopic (exact) mass is 339 g/mol. The summed E-state index contributed by atoms with van der Waals surface area (Å²) in [5.74, 6) is 0.200. The van der Waals surface area contributed by atoms with Gasteiger partial charge in [-0.15, -0.1) is 0 Å². The number of benzene rings is 2. The average molecular weight is 339 g/mol. The highest BCUT2D eigenvalue weighted by atomic mass is 16.5. The minimum atomic E-state index is -0.351. The number of nitrogens with one attached hydrogen (secondary N) is 1. The van der Waals surface area contributed by atoms with Crippen LogP contribution in [0.3, 0.4) is 0 Å². The summed E-state index contributed by atoms with van der Waals surface area (Å²) >= 11 is 0. The van der Waals surface area contributed by atoms with Crippen LogP contribution in [0.2, 0.25) is 0 Å². The Kier molecular flexibility index (Phi) is 6.34. The molecule has 25 heavy (non-hydrogen) atoms. The van der Waals surface area contributed by atoms with Crippen molar-refractivity contribution in [2.75, 3.05) is 11.9 Å². The minimum Gasteiger partial charge on any atom is -0.462 e. The lowest BCUT2D eigenvalue weighted by Gasteiger charge is -2.09. The first-order valence-electron chi connectivity index (χ1n) is 8.55. The minimum absolute atomic E-state index is 0.176. The number of rotatable bonds is 6. The van der Waals surface area contributed by atoms with Crippen LogP contribution in [0.25, 0.3) is 0 Å². The molecule has 132 valence electrons. The highest BCUT2D eigenvalue weighted by molar-refractivity contribution is 6.04. The van der Waals surface area contributed by atoms with Crippen LogP contribution < -0.4 is 5.32 Å². The predicted molar refractivity (Wildman–Crippen MR) is 100 cm³/mol. The molecule has 0 unspecified atom stereocenters. The van der Waals surface area contributed by atoms with Gasteiger partial charge in [-0.3, -0.25) is 4.79 Å². The predicted octanol–water partition coefficient (Wildman–Crippen LogP) is 4.88. The Morgan fingerprint density at radius 2 is 1.44 bits per heavy atom. The van der Waals surface area contributed by atoms with E-state index < -0.39 is 0 Å². The lowest BCUT2D eigenvalue weighted by atomic mass is 10.0. The SMILES string of the molecule is CC(C)COC(=O)c1ccc(NC(=O)c2ccc(C(C)C)cc2)cc1. The zero-order valence-corrected chi connectivity index (χ0v) is 15.2. The van der Waals surface area contributed by atoms with E-state index in [-0.39, 0.29) is 11.9 Å². The Morgan fingerprint density at radius 1 is 0.880 bits per heavy atom. The van der Waals surface area contributed by atoms with Crippen LogP contribution in [0.5, 0.6) is 0 Å². The van der Waals surface area contributed by atoms with Gasteiger partial charge in [0.2, 0.25) is 0 Å². The van der Waals surface area contributed by atoms with Crippen molar-refractivity contribution in [1.82, 2.24) is 0 Å². The second-order valence-corrected chi connectivity index (χ2v) is 6.80. The molecule has 0 saturated heterocycles. The van der Waals surface area contributed by atoms with Gasteiger partial charge < -0.3 is 10.1 Å². The van der Waals surface area contributed by atoms with Crippen LogP contribution in [0, 0.1) is 5.92 Å². The molecule has 2 rings (SSSR count). The number of anilines is 1. The van der Waals surface area contributed by atoms with Gasteiger partial charge in [0, 0.05) is 11.3 Å². The molecule has 0 spiro atoms. The van der Waals surface area contributed by atoms with E-state index >= 15 is 0 Å². The molecule has 4 heteroatoms. The maximum atomic E-state index is 12.3. The Hall–Kier alpha value is -2.62. The molecule has 0 aliphatic carbocycles. The summed E-state index contributed by atoms with van der Waals surface area (Å²) in [4.78, 5) is 24.2. The van der Waals surface area contributed by atoms with Crippen LogP contribution in [0.4, 0.5) is 5.69 Å². The first kappa shape index (κ1) is 18.7. The molecule has 0 atom stereocenters. The van der Waals surface area contributed by atoms with E-state index in [4.69, 9.17) is 4.74 Å². The highest BCUT2D eigenvalue weighted by Gasteiger charge is 2.10. The van der Waals surface area contributed by atoms with Gasteiger partial charge in [0.15, 0.2) is 0 Å². The molecule has 1 amide bonds. The molecule has 4 nitrogen and oxygen atoms in total. The van der Waals surface area contributed by atoms with Gasteiger partial charge in [0.05, 0.1) is 12.2 Å². The summed E-state index contributed by atoms with van der Waals surface area (Å²) in [6.45, 7) is 8.59. The van der Waals surface area contributed by atoms with E-state index in [1.807, 2.05) is 38.1 Å². The van der Waals surface area contributed by atoms with E-state index in [2.05, 4.69) is 19.2 Å². The Morgan fingerprint density at radius 3 is 1.96 bits per heavy atom. The van der Waals surface area contributed by atoms with Crippen molar-refractivity contribution in [3.8, 4) is 0 Å². The third-order valence-corrected chi connectivity index (χ3v) is 3.77. The first-order valence-corrected chi connectivity index (χ1v) is 8.55. The lowest BCUT2D eigenvalue weighted by molar-refractivity contribution is 0.0459. The molecule has 0 saturated carbocycles. The van der Waals surface area contributed by atoms with Crippen LogP contribution in [-0.4, -0.2) is 18.5 Å². The third kappa shape index (κ3) is 5.45. The van der Waals surface area contributed by atoms with Crippen LogP contribution in [0.1, 0.15) is 59.9 Å². The van der Waals surface area contributed by atoms with Gasteiger partial charge in [-0.25, -0.2) is 4.79 Å². The lowest BCUT2D eigenvalue weighted by Crippen LogP contribution is -2.13.